The Morgan fingerprint density at radius 3 is 2.40 bits per heavy atom. The Labute approximate surface area is 145 Å². The highest BCUT2D eigenvalue weighted by atomic mass is 16.5. The monoisotopic (exact) mass is 327 g/mol. The molecule has 4 heteroatoms. The number of fused-ring (bicyclic) bond motifs is 5. The number of aromatic nitrogens is 1. The third-order valence-electron chi connectivity index (χ3n) is 4.70. The van der Waals surface area contributed by atoms with Gasteiger partial charge < -0.3 is 20.8 Å². The highest BCUT2D eigenvalue weighted by Crippen LogP contribution is 2.44. The van der Waals surface area contributed by atoms with E-state index < -0.39 is 0 Å². The van der Waals surface area contributed by atoms with Gasteiger partial charge in [0, 0.05) is 34.0 Å². The zero-order valence-electron chi connectivity index (χ0n) is 13.5. The van der Waals surface area contributed by atoms with Crippen molar-refractivity contribution in [2.45, 2.75) is 6.23 Å². The number of nitrogen functional groups attached to an aromatic ring is 2. The van der Waals surface area contributed by atoms with Crippen LogP contribution >= 0.6 is 0 Å². The summed E-state index contributed by atoms with van der Waals surface area (Å²) in [6, 6.07) is 24.2. The summed E-state index contributed by atoms with van der Waals surface area (Å²) in [5.41, 5.74) is 17.7. The number of hydrogen-bond donors (Lipinski definition) is 2. The minimum absolute atomic E-state index is 0.244. The average Bonchev–Trinajstić information content (AvgIpc) is 3.00. The number of nitrogens with two attached hydrogens (primary N) is 2. The number of nitrogens with zero attached hydrogens (tertiary/aromatic N) is 1. The maximum absolute atomic E-state index is 6.37. The molecule has 0 bridgehead atoms. The largest absolute Gasteiger partial charge is 0.465 e. The first-order valence-electron chi connectivity index (χ1n) is 8.23. The minimum atomic E-state index is -0.244. The fraction of sp³-hybridized carbons (Fsp3) is 0.0476. The van der Waals surface area contributed by atoms with Crippen LogP contribution in [0.4, 0.5) is 11.4 Å². The average molecular weight is 327 g/mol. The fourth-order valence-corrected chi connectivity index (χ4v) is 3.57. The topological polar surface area (TPSA) is 66.2 Å². The van der Waals surface area contributed by atoms with Gasteiger partial charge in [-0.05, 0) is 36.4 Å². The molecule has 1 unspecified atom stereocenters. The van der Waals surface area contributed by atoms with E-state index in [4.69, 9.17) is 16.2 Å². The first-order valence-corrected chi connectivity index (χ1v) is 8.23. The van der Waals surface area contributed by atoms with Gasteiger partial charge in [-0.15, -0.1) is 0 Å². The lowest BCUT2D eigenvalue weighted by Gasteiger charge is -2.30. The number of anilines is 2. The molecule has 5 rings (SSSR count). The fourth-order valence-electron chi connectivity index (χ4n) is 3.57. The van der Waals surface area contributed by atoms with Crippen molar-refractivity contribution >= 4 is 22.3 Å². The Morgan fingerprint density at radius 2 is 1.56 bits per heavy atom. The number of ether oxygens (including phenoxy) is 1. The van der Waals surface area contributed by atoms with E-state index >= 15 is 0 Å². The molecule has 122 valence electrons. The van der Waals surface area contributed by atoms with E-state index in [1.807, 2.05) is 48.5 Å². The van der Waals surface area contributed by atoms with Crippen LogP contribution in [0.25, 0.3) is 22.2 Å². The van der Waals surface area contributed by atoms with Gasteiger partial charge in [0.1, 0.15) is 5.75 Å². The quantitative estimate of drug-likeness (QED) is 0.509. The second-order valence-electron chi connectivity index (χ2n) is 6.35. The molecule has 0 saturated carbocycles. The van der Waals surface area contributed by atoms with Crippen LogP contribution < -0.4 is 16.2 Å². The molecule has 0 aliphatic carbocycles. The van der Waals surface area contributed by atoms with Gasteiger partial charge in [-0.2, -0.15) is 0 Å². The van der Waals surface area contributed by atoms with Gasteiger partial charge in [-0.1, -0.05) is 30.3 Å². The van der Waals surface area contributed by atoms with Crippen molar-refractivity contribution in [1.82, 2.24) is 4.57 Å². The maximum Gasteiger partial charge on any atom is 0.203 e. The third-order valence-corrected chi connectivity index (χ3v) is 4.70. The van der Waals surface area contributed by atoms with Crippen molar-refractivity contribution in [3.63, 3.8) is 0 Å². The molecular formula is C21H17N3O. The molecule has 0 saturated heterocycles. The number of hydrogen-bond acceptors (Lipinski definition) is 3. The molecule has 1 aliphatic rings. The lowest BCUT2D eigenvalue weighted by molar-refractivity contribution is 0.173. The Hall–Kier alpha value is -3.40. The lowest BCUT2D eigenvalue weighted by atomic mass is 10.1. The standard InChI is InChI=1S/C21H17N3O/c22-15-7-9-18-14(10-15)11-19-17-8-6-16(23)12-20(17)25-21(24(18)19)13-4-2-1-3-5-13/h1-12,21H,22-23H2. The zero-order chi connectivity index (χ0) is 17.0. The van der Waals surface area contributed by atoms with Gasteiger partial charge in [0.25, 0.3) is 0 Å². The van der Waals surface area contributed by atoms with Crippen LogP contribution in [0.3, 0.4) is 0 Å². The van der Waals surface area contributed by atoms with Crippen LogP contribution in [-0.4, -0.2) is 4.57 Å². The van der Waals surface area contributed by atoms with Gasteiger partial charge >= 0.3 is 0 Å². The molecular weight excluding hydrogens is 310 g/mol. The SMILES string of the molecule is Nc1ccc2c(c1)OC(c1ccccc1)n1c-2cc2cc(N)ccc21. The molecule has 2 heterocycles. The highest BCUT2D eigenvalue weighted by molar-refractivity contribution is 5.91. The molecule has 4 N–H and O–H groups in total. The van der Waals surface area contributed by atoms with Gasteiger partial charge in [-0.25, -0.2) is 0 Å². The van der Waals surface area contributed by atoms with E-state index in [0.29, 0.717) is 5.69 Å². The molecule has 4 nitrogen and oxygen atoms in total. The van der Waals surface area contributed by atoms with Crippen LogP contribution in [0, 0.1) is 0 Å². The van der Waals surface area contributed by atoms with E-state index in [-0.39, 0.29) is 6.23 Å². The summed E-state index contributed by atoms with van der Waals surface area (Å²) in [7, 11) is 0. The summed E-state index contributed by atoms with van der Waals surface area (Å²) < 4.78 is 8.60. The van der Waals surface area contributed by atoms with E-state index in [1.165, 1.54) is 0 Å². The molecule has 0 fully saturated rings. The molecule has 3 aromatic carbocycles. The van der Waals surface area contributed by atoms with E-state index in [9.17, 15) is 0 Å². The zero-order valence-corrected chi connectivity index (χ0v) is 13.5. The Balaban J connectivity index is 1.84. The van der Waals surface area contributed by atoms with Crippen LogP contribution in [0.1, 0.15) is 11.8 Å². The minimum Gasteiger partial charge on any atom is -0.465 e. The molecule has 0 radical (unpaired) electrons. The predicted molar refractivity (Wildman–Crippen MR) is 101 cm³/mol. The van der Waals surface area contributed by atoms with Gasteiger partial charge in [0.05, 0.1) is 11.2 Å². The second-order valence-corrected chi connectivity index (χ2v) is 6.35. The molecule has 0 spiro atoms. The molecule has 0 amide bonds. The molecule has 1 atom stereocenters. The number of benzene rings is 3. The van der Waals surface area contributed by atoms with Crippen LogP contribution in [0.15, 0.2) is 72.8 Å². The van der Waals surface area contributed by atoms with Crippen molar-refractivity contribution in [2.24, 2.45) is 0 Å². The second kappa shape index (κ2) is 5.05. The van der Waals surface area contributed by atoms with Crippen molar-refractivity contribution in [3.05, 3.63) is 78.4 Å². The Bertz CT molecular complexity index is 1100. The maximum atomic E-state index is 6.37. The summed E-state index contributed by atoms with van der Waals surface area (Å²) >= 11 is 0. The molecule has 1 aromatic heterocycles. The van der Waals surface area contributed by atoms with Crippen molar-refractivity contribution in [2.75, 3.05) is 11.5 Å². The van der Waals surface area contributed by atoms with Crippen molar-refractivity contribution in [1.29, 1.82) is 0 Å². The molecule has 25 heavy (non-hydrogen) atoms. The van der Waals surface area contributed by atoms with Gasteiger partial charge in [-0.3, -0.25) is 0 Å². The predicted octanol–water partition coefficient (Wildman–Crippen LogP) is 4.41. The lowest BCUT2D eigenvalue weighted by Crippen LogP contribution is -2.22. The van der Waals surface area contributed by atoms with E-state index in [1.54, 1.807) is 0 Å². The van der Waals surface area contributed by atoms with E-state index in [2.05, 4.69) is 28.8 Å². The Morgan fingerprint density at radius 1 is 0.800 bits per heavy atom. The van der Waals surface area contributed by atoms with Crippen LogP contribution in [0.5, 0.6) is 5.75 Å². The number of rotatable bonds is 1. The summed E-state index contributed by atoms with van der Waals surface area (Å²) in [5, 5.41) is 1.10. The first kappa shape index (κ1) is 14.0. The highest BCUT2D eigenvalue weighted by Gasteiger charge is 2.28. The van der Waals surface area contributed by atoms with E-state index in [0.717, 1.165) is 39.2 Å². The molecule has 4 aromatic rings. The van der Waals surface area contributed by atoms with Gasteiger partial charge in [0.15, 0.2) is 0 Å². The van der Waals surface area contributed by atoms with Crippen LogP contribution in [-0.2, 0) is 0 Å². The third kappa shape index (κ3) is 2.08. The van der Waals surface area contributed by atoms with Gasteiger partial charge in [0.2, 0.25) is 6.23 Å². The summed E-state index contributed by atoms with van der Waals surface area (Å²) in [5.74, 6) is 0.803. The first-order chi connectivity index (χ1) is 12.2. The summed E-state index contributed by atoms with van der Waals surface area (Å²) in [6.45, 7) is 0. The van der Waals surface area contributed by atoms with Crippen LogP contribution in [0.2, 0.25) is 0 Å². The normalized spacial score (nSPS) is 15.4. The van der Waals surface area contributed by atoms with Crippen molar-refractivity contribution < 1.29 is 4.74 Å². The van der Waals surface area contributed by atoms with Crippen molar-refractivity contribution in [3.8, 4) is 17.0 Å². The Kier molecular flexibility index (Phi) is 2.82. The summed E-state index contributed by atoms with van der Waals surface area (Å²) in [4.78, 5) is 0. The molecule has 1 aliphatic heterocycles. The smallest absolute Gasteiger partial charge is 0.203 e. The summed E-state index contributed by atoms with van der Waals surface area (Å²) in [6.07, 6.45) is -0.244.